The Hall–Kier alpha value is -4.34. The number of rotatable bonds is 9. The van der Waals surface area contributed by atoms with Gasteiger partial charge in [0.15, 0.2) is 0 Å². The smallest absolute Gasteiger partial charge is 0.261 e. The third-order valence-corrected chi connectivity index (χ3v) is 6.96. The van der Waals surface area contributed by atoms with Crippen LogP contribution in [0.2, 0.25) is 0 Å². The van der Waals surface area contributed by atoms with E-state index in [9.17, 15) is 4.79 Å². The molecule has 0 aliphatic carbocycles. The molecule has 9 nitrogen and oxygen atoms in total. The van der Waals surface area contributed by atoms with Gasteiger partial charge in [0.05, 0.1) is 31.0 Å². The van der Waals surface area contributed by atoms with Gasteiger partial charge in [-0.25, -0.2) is 4.68 Å². The monoisotopic (exact) mass is 525 g/mol. The van der Waals surface area contributed by atoms with Crippen molar-refractivity contribution in [3.05, 3.63) is 88.7 Å². The number of hydrogen-bond acceptors (Lipinski definition) is 7. The van der Waals surface area contributed by atoms with Gasteiger partial charge in [0.1, 0.15) is 34.8 Å². The summed E-state index contributed by atoms with van der Waals surface area (Å²) in [6, 6.07) is 23.2. The lowest BCUT2D eigenvalue weighted by Crippen LogP contribution is -2.37. The number of H-pyrrole nitrogens is 1. The minimum absolute atomic E-state index is 0.284. The number of aromatic amines is 1. The zero-order chi connectivity index (χ0) is 26.6. The summed E-state index contributed by atoms with van der Waals surface area (Å²) in [6.07, 6.45) is 0.921. The second-order valence-corrected chi connectivity index (χ2v) is 9.61. The largest absolute Gasteiger partial charge is 0.493 e. The molecule has 0 spiro atoms. The minimum atomic E-state index is -0.284. The van der Waals surface area contributed by atoms with Crippen LogP contribution in [0.15, 0.2) is 77.6 Å². The van der Waals surface area contributed by atoms with Crippen molar-refractivity contribution >= 4 is 27.6 Å². The summed E-state index contributed by atoms with van der Waals surface area (Å²) in [5, 5.41) is 5.90. The lowest BCUT2D eigenvalue weighted by molar-refractivity contribution is 0.0358. The van der Waals surface area contributed by atoms with Crippen LogP contribution in [0.25, 0.3) is 27.5 Å². The molecule has 1 fully saturated rings. The van der Waals surface area contributed by atoms with Crippen LogP contribution in [0.1, 0.15) is 12.0 Å². The highest BCUT2D eigenvalue weighted by atomic mass is 16.5. The van der Waals surface area contributed by atoms with Gasteiger partial charge < -0.3 is 24.9 Å². The van der Waals surface area contributed by atoms with Gasteiger partial charge >= 0.3 is 0 Å². The maximum absolute atomic E-state index is 13.0. The zero-order valence-corrected chi connectivity index (χ0v) is 21.6. The number of hydrogen-bond donors (Lipinski definition) is 2. The van der Waals surface area contributed by atoms with E-state index in [0.717, 1.165) is 61.7 Å². The molecule has 3 aromatic carbocycles. The first kappa shape index (κ1) is 25.0. The first-order chi connectivity index (χ1) is 19.2. The van der Waals surface area contributed by atoms with E-state index in [1.54, 1.807) is 4.68 Å². The van der Waals surface area contributed by atoms with Crippen molar-refractivity contribution in [1.29, 1.82) is 0 Å². The predicted octanol–water partition coefficient (Wildman–Crippen LogP) is 4.13. The number of ether oxygens (including phenoxy) is 3. The van der Waals surface area contributed by atoms with Crippen molar-refractivity contribution in [2.45, 2.75) is 13.0 Å². The van der Waals surface area contributed by atoms with Gasteiger partial charge in [0, 0.05) is 31.1 Å². The maximum atomic E-state index is 13.0. The van der Waals surface area contributed by atoms with Gasteiger partial charge in [0.25, 0.3) is 5.56 Å². The molecule has 9 heteroatoms. The molecule has 0 saturated carbocycles. The van der Waals surface area contributed by atoms with Crippen LogP contribution in [-0.2, 0) is 11.3 Å². The Morgan fingerprint density at radius 2 is 1.72 bits per heavy atom. The Kier molecular flexibility index (Phi) is 7.16. The molecule has 3 N–H and O–H groups in total. The van der Waals surface area contributed by atoms with Crippen LogP contribution >= 0.6 is 0 Å². The van der Waals surface area contributed by atoms with Crippen LogP contribution in [0, 0.1) is 0 Å². The molecular formula is C30H31N5O4. The summed E-state index contributed by atoms with van der Waals surface area (Å²) in [7, 11) is 0. The van der Waals surface area contributed by atoms with Crippen LogP contribution in [0.5, 0.6) is 11.5 Å². The average molecular weight is 526 g/mol. The van der Waals surface area contributed by atoms with Gasteiger partial charge in [-0.15, -0.1) is 0 Å². The van der Waals surface area contributed by atoms with Crippen LogP contribution in [-0.4, -0.2) is 59.1 Å². The number of morpholine rings is 1. The molecule has 0 bridgehead atoms. The number of anilines is 1. The molecule has 5 aromatic rings. The van der Waals surface area contributed by atoms with Crippen molar-refractivity contribution < 1.29 is 14.2 Å². The number of pyridine rings is 1. The number of fused-ring (bicyclic) bond motifs is 3. The SMILES string of the molecule is Nc1c2c(=O)[nH]c3cc(OCCCN4CCOCC4)ccc3c2nn1-c1ccc(OCc2ccccc2)cc1. The number of nitrogens with zero attached hydrogens (tertiary/aromatic N) is 3. The highest BCUT2D eigenvalue weighted by molar-refractivity contribution is 6.07. The molecule has 0 atom stereocenters. The summed E-state index contributed by atoms with van der Waals surface area (Å²) < 4.78 is 18.9. The highest BCUT2D eigenvalue weighted by Crippen LogP contribution is 2.29. The number of aromatic nitrogens is 3. The van der Waals surface area contributed by atoms with Crippen LogP contribution in [0.3, 0.4) is 0 Å². The Morgan fingerprint density at radius 3 is 2.51 bits per heavy atom. The van der Waals surface area contributed by atoms with E-state index in [4.69, 9.17) is 25.0 Å². The molecule has 2 aromatic heterocycles. The van der Waals surface area contributed by atoms with Gasteiger partial charge in [-0.05, 0) is 48.4 Å². The number of nitrogens with one attached hydrogen (secondary N) is 1. The summed E-state index contributed by atoms with van der Waals surface area (Å²) in [5.74, 6) is 1.73. The van der Waals surface area contributed by atoms with E-state index in [1.165, 1.54) is 0 Å². The first-order valence-electron chi connectivity index (χ1n) is 13.2. The van der Waals surface area contributed by atoms with Gasteiger partial charge in [0.2, 0.25) is 0 Å². The second kappa shape index (κ2) is 11.2. The molecule has 6 rings (SSSR count). The Morgan fingerprint density at radius 1 is 0.949 bits per heavy atom. The topological polar surface area (TPSA) is 108 Å². The predicted molar refractivity (Wildman–Crippen MR) is 152 cm³/mol. The summed E-state index contributed by atoms with van der Waals surface area (Å²) in [5.41, 5.74) is 9.18. The molecule has 0 amide bonds. The van der Waals surface area contributed by atoms with Crippen molar-refractivity contribution in [3.8, 4) is 17.2 Å². The Bertz CT molecular complexity index is 1620. The molecule has 39 heavy (non-hydrogen) atoms. The standard InChI is InChI=1S/C30H31N5O4/c31-29-27-28(33-35(29)22-7-9-23(10-8-22)39-20-21-5-2-1-3-6-21)25-12-11-24(19-26(25)32-30(27)36)38-16-4-13-34-14-17-37-18-15-34/h1-3,5-12,19H,4,13-18,20,31H2,(H,32,36). The number of nitrogen functional groups attached to an aromatic ring is 1. The third-order valence-electron chi connectivity index (χ3n) is 6.96. The number of benzene rings is 3. The second-order valence-electron chi connectivity index (χ2n) is 9.61. The van der Waals surface area contributed by atoms with E-state index in [0.29, 0.717) is 35.4 Å². The van der Waals surface area contributed by atoms with E-state index in [1.807, 2.05) is 72.8 Å². The fraction of sp³-hybridized carbons (Fsp3) is 0.267. The van der Waals surface area contributed by atoms with Crippen molar-refractivity contribution in [2.75, 3.05) is 45.2 Å². The fourth-order valence-corrected chi connectivity index (χ4v) is 4.88. The lowest BCUT2D eigenvalue weighted by atomic mass is 10.1. The summed E-state index contributed by atoms with van der Waals surface area (Å²) in [4.78, 5) is 18.3. The average Bonchev–Trinajstić information content (AvgIpc) is 3.33. The number of nitrogens with two attached hydrogens (primary N) is 1. The third kappa shape index (κ3) is 5.45. The minimum Gasteiger partial charge on any atom is -0.493 e. The Balaban J connectivity index is 1.19. The molecule has 0 unspecified atom stereocenters. The van der Waals surface area contributed by atoms with Crippen molar-refractivity contribution in [1.82, 2.24) is 19.7 Å². The molecular weight excluding hydrogens is 494 g/mol. The molecule has 1 aliphatic rings. The van der Waals surface area contributed by atoms with Crippen LogP contribution in [0.4, 0.5) is 5.82 Å². The maximum Gasteiger partial charge on any atom is 0.261 e. The fourth-order valence-electron chi connectivity index (χ4n) is 4.88. The summed E-state index contributed by atoms with van der Waals surface area (Å²) >= 11 is 0. The molecule has 3 heterocycles. The van der Waals surface area contributed by atoms with Gasteiger partial charge in [-0.2, -0.15) is 5.10 Å². The van der Waals surface area contributed by atoms with Crippen LogP contribution < -0.4 is 20.8 Å². The molecule has 1 aliphatic heterocycles. The zero-order valence-electron chi connectivity index (χ0n) is 21.6. The van der Waals surface area contributed by atoms with Crippen molar-refractivity contribution in [3.63, 3.8) is 0 Å². The summed E-state index contributed by atoms with van der Waals surface area (Å²) in [6.45, 7) is 5.58. The first-order valence-corrected chi connectivity index (χ1v) is 13.2. The normalized spacial score (nSPS) is 14.2. The van der Waals surface area contributed by atoms with E-state index in [2.05, 4.69) is 9.88 Å². The molecule has 0 radical (unpaired) electrons. The quantitative estimate of drug-likeness (QED) is 0.279. The van der Waals surface area contributed by atoms with Gasteiger partial charge in [-0.1, -0.05) is 30.3 Å². The lowest BCUT2D eigenvalue weighted by Gasteiger charge is -2.26. The van der Waals surface area contributed by atoms with E-state index < -0.39 is 0 Å². The van der Waals surface area contributed by atoms with Gasteiger partial charge in [-0.3, -0.25) is 9.69 Å². The molecule has 1 saturated heterocycles. The van der Waals surface area contributed by atoms with Crippen molar-refractivity contribution in [2.24, 2.45) is 0 Å². The van der Waals surface area contributed by atoms with E-state index in [-0.39, 0.29) is 11.4 Å². The molecule has 200 valence electrons. The highest BCUT2D eigenvalue weighted by Gasteiger charge is 2.17. The van der Waals surface area contributed by atoms with E-state index >= 15 is 0 Å². The Labute approximate surface area is 225 Å².